The van der Waals surface area contributed by atoms with Crippen molar-refractivity contribution in [1.29, 1.82) is 0 Å². The number of rotatable bonds is 12. The number of anilines is 1. The average Bonchev–Trinajstić information content (AvgIpc) is 2.76. The highest BCUT2D eigenvalue weighted by Crippen LogP contribution is 2.40. The second-order valence-corrected chi connectivity index (χ2v) is 9.75. The molecule has 180 valence electrons. The zero-order chi connectivity index (χ0) is 23.9. The molecular formula is C20H33N5O6S. The molecule has 1 aromatic rings. The molecule has 0 aliphatic carbocycles. The Bertz CT molecular complexity index is 882. The second-order valence-electron chi connectivity index (χ2n) is 7.99. The fourth-order valence-corrected chi connectivity index (χ4v) is 5.23. The molecule has 32 heavy (non-hydrogen) atoms. The quantitative estimate of drug-likeness (QED) is 0.360. The van der Waals surface area contributed by atoms with Crippen LogP contribution in [0.15, 0.2) is 17.0 Å². The van der Waals surface area contributed by atoms with Crippen LogP contribution in [-0.4, -0.2) is 55.5 Å². The summed E-state index contributed by atoms with van der Waals surface area (Å²) in [6, 6.07) is 2.11. The normalized spacial score (nSPS) is 17.3. The number of hydrogen-bond acceptors (Lipinski definition) is 8. The van der Waals surface area contributed by atoms with E-state index in [9.17, 15) is 28.6 Å². The fraction of sp³-hybridized carbons (Fsp3) is 0.700. The van der Waals surface area contributed by atoms with Gasteiger partial charge in [0.05, 0.1) is 21.4 Å². The highest BCUT2D eigenvalue weighted by Gasteiger charge is 2.34. The minimum absolute atomic E-state index is 0.0575. The van der Waals surface area contributed by atoms with Crippen molar-refractivity contribution in [2.75, 3.05) is 31.2 Å². The molecule has 1 heterocycles. The first-order valence-electron chi connectivity index (χ1n) is 11.1. The minimum atomic E-state index is -4.19. The zero-order valence-electron chi connectivity index (χ0n) is 18.9. The topological polar surface area (TPSA) is 139 Å². The van der Waals surface area contributed by atoms with Crippen LogP contribution >= 0.6 is 0 Å². The van der Waals surface area contributed by atoms with Crippen molar-refractivity contribution in [3.63, 3.8) is 0 Å². The number of nitrogens with zero attached hydrogens (tertiary/aromatic N) is 4. The lowest BCUT2D eigenvalue weighted by molar-refractivity contribution is -0.393. The SMILES string of the molecule is CCCN(CCC)c1c([N+](=O)[O-])cc(S(=O)(=O)NCN2CCCCC2CC)cc1[N+](=O)[O-]. The summed E-state index contributed by atoms with van der Waals surface area (Å²) < 4.78 is 28.4. The van der Waals surface area contributed by atoms with Crippen molar-refractivity contribution in [2.45, 2.75) is 70.2 Å². The summed E-state index contributed by atoms with van der Waals surface area (Å²) in [6.07, 6.45) is 5.18. The summed E-state index contributed by atoms with van der Waals surface area (Å²) in [5, 5.41) is 23.6. The third-order valence-corrected chi connectivity index (χ3v) is 7.09. The van der Waals surface area contributed by atoms with Gasteiger partial charge in [-0.3, -0.25) is 25.1 Å². The van der Waals surface area contributed by atoms with Gasteiger partial charge in [-0.2, -0.15) is 4.72 Å². The molecule has 0 bridgehead atoms. The third kappa shape index (κ3) is 6.14. The van der Waals surface area contributed by atoms with Gasteiger partial charge in [-0.25, -0.2) is 8.42 Å². The molecule has 1 saturated heterocycles. The van der Waals surface area contributed by atoms with Gasteiger partial charge in [0.2, 0.25) is 10.0 Å². The largest absolute Gasteiger partial charge is 0.360 e. The van der Waals surface area contributed by atoms with Crippen molar-refractivity contribution in [3.8, 4) is 0 Å². The molecule has 1 aliphatic rings. The van der Waals surface area contributed by atoms with Gasteiger partial charge < -0.3 is 4.90 Å². The highest BCUT2D eigenvalue weighted by atomic mass is 32.2. The highest BCUT2D eigenvalue weighted by molar-refractivity contribution is 7.89. The van der Waals surface area contributed by atoms with Gasteiger partial charge in [-0.1, -0.05) is 27.2 Å². The van der Waals surface area contributed by atoms with Crippen molar-refractivity contribution in [2.24, 2.45) is 0 Å². The van der Waals surface area contributed by atoms with Gasteiger partial charge in [0, 0.05) is 31.3 Å². The van der Waals surface area contributed by atoms with E-state index in [4.69, 9.17) is 0 Å². The summed E-state index contributed by atoms with van der Waals surface area (Å²) in [5.41, 5.74) is -1.30. The summed E-state index contributed by atoms with van der Waals surface area (Å²) in [4.78, 5) is 25.3. The number of sulfonamides is 1. The van der Waals surface area contributed by atoms with E-state index in [-0.39, 0.29) is 18.4 Å². The first-order chi connectivity index (χ1) is 15.2. The average molecular weight is 472 g/mol. The number of likely N-dealkylation sites (tertiary alicyclic amines) is 1. The van der Waals surface area contributed by atoms with Crippen LogP contribution in [0.1, 0.15) is 59.3 Å². The first kappa shape index (κ1) is 25.9. The smallest absolute Gasteiger partial charge is 0.301 e. The maximum Gasteiger partial charge on any atom is 0.301 e. The van der Waals surface area contributed by atoms with Gasteiger partial charge in [0.1, 0.15) is 0 Å². The van der Waals surface area contributed by atoms with E-state index in [0.29, 0.717) is 25.9 Å². The van der Waals surface area contributed by atoms with Crippen molar-refractivity contribution < 1.29 is 18.3 Å². The zero-order valence-corrected chi connectivity index (χ0v) is 19.8. The van der Waals surface area contributed by atoms with E-state index >= 15 is 0 Å². The second kappa shape index (κ2) is 11.5. The van der Waals surface area contributed by atoms with Crippen LogP contribution in [-0.2, 0) is 10.0 Å². The number of hydrogen-bond donors (Lipinski definition) is 1. The standard InChI is InChI=1S/C20H33N5O6S/c1-4-10-22(11-5-2)20-18(24(26)27)13-17(14-19(20)25(28)29)32(30,31)21-15-23-12-8-7-9-16(23)6-3/h13-14,16,21H,4-12,15H2,1-3H3. The van der Waals surface area contributed by atoms with Crippen molar-refractivity contribution in [1.82, 2.24) is 9.62 Å². The first-order valence-corrected chi connectivity index (χ1v) is 12.6. The number of piperidine rings is 1. The lowest BCUT2D eigenvalue weighted by atomic mass is 10.0. The van der Waals surface area contributed by atoms with Crippen LogP contribution in [0.25, 0.3) is 0 Å². The maximum absolute atomic E-state index is 13.0. The lowest BCUT2D eigenvalue weighted by Crippen LogP contribution is -2.45. The van der Waals surface area contributed by atoms with Gasteiger partial charge in [-0.15, -0.1) is 0 Å². The molecule has 0 amide bonds. The Morgan fingerprint density at radius 1 is 1.06 bits per heavy atom. The molecule has 1 aromatic carbocycles. The lowest BCUT2D eigenvalue weighted by Gasteiger charge is -2.35. The number of benzene rings is 1. The molecule has 0 saturated carbocycles. The van der Waals surface area contributed by atoms with Gasteiger partial charge in [0.25, 0.3) is 0 Å². The Labute approximate surface area is 189 Å². The molecule has 1 unspecified atom stereocenters. The Kier molecular flexibility index (Phi) is 9.34. The number of nitro benzene ring substituents is 2. The van der Waals surface area contributed by atoms with E-state index in [2.05, 4.69) is 4.72 Å². The molecule has 1 atom stereocenters. The van der Waals surface area contributed by atoms with Crippen LogP contribution in [0, 0.1) is 20.2 Å². The molecule has 0 aromatic heterocycles. The van der Waals surface area contributed by atoms with E-state index in [1.54, 1.807) is 4.90 Å². The molecule has 1 N–H and O–H groups in total. The van der Waals surface area contributed by atoms with Crippen LogP contribution in [0.4, 0.5) is 17.1 Å². The van der Waals surface area contributed by atoms with Crippen molar-refractivity contribution >= 4 is 27.1 Å². The summed E-state index contributed by atoms with van der Waals surface area (Å²) in [5.74, 6) is 0. The maximum atomic E-state index is 13.0. The van der Waals surface area contributed by atoms with Crippen LogP contribution in [0.2, 0.25) is 0 Å². The molecule has 0 spiro atoms. The summed E-state index contributed by atoms with van der Waals surface area (Å²) >= 11 is 0. The number of nitrogens with one attached hydrogen (secondary N) is 1. The Morgan fingerprint density at radius 3 is 2.09 bits per heavy atom. The molecular weight excluding hydrogens is 438 g/mol. The van der Waals surface area contributed by atoms with E-state index < -0.39 is 36.1 Å². The van der Waals surface area contributed by atoms with Gasteiger partial charge >= 0.3 is 11.4 Å². The third-order valence-electron chi connectivity index (χ3n) is 5.73. The minimum Gasteiger partial charge on any atom is -0.360 e. The monoisotopic (exact) mass is 471 g/mol. The molecule has 0 radical (unpaired) electrons. The number of nitro groups is 2. The molecule has 12 heteroatoms. The van der Waals surface area contributed by atoms with Crippen LogP contribution < -0.4 is 9.62 Å². The molecule has 11 nitrogen and oxygen atoms in total. The van der Waals surface area contributed by atoms with Crippen LogP contribution in [0.5, 0.6) is 0 Å². The molecule has 1 aliphatic heterocycles. The van der Waals surface area contributed by atoms with Crippen molar-refractivity contribution in [3.05, 3.63) is 32.4 Å². The Morgan fingerprint density at radius 2 is 1.62 bits per heavy atom. The predicted molar refractivity (Wildman–Crippen MR) is 122 cm³/mol. The molecule has 1 fully saturated rings. The fourth-order valence-electron chi connectivity index (χ4n) is 4.19. The van der Waals surface area contributed by atoms with E-state index in [0.717, 1.165) is 44.4 Å². The van der Waals surface area contributed by atoms with E-state index in [1.807, 2.05) is 25.7 Å². The Hall–Kier alpha value is -2.31. The predicted octanol–water partition coefficient (Wildman–Crippen LogP) is 3.63. The molecule has 2 rings (SSSR count). The van der Waals surface area contributed by atoms with Gasteiger partial charge in [0.15, 0.2) is 5.69 Å². The summed E-state index contributed by atoms with van der Waals surface area (Å²) in [6.45, 7) is 7.35. The van der Waals surface area contributed by atoms with Gasteiger partial charge in [-0.05, 0) is 38.6 Å². The van der Waals surface area contributed by atoms with Crippen LogP contribution in [0.3, 0.4) is 0 Å². The summed E-state index contributed by atoms with van der Waals surface area (Å²) in [7, 11) is -4.19. The Balaban J connectivity index is 2.47. The van der Waals surface area contributed by atoms with E-state index in [1.165, 1.54) is 0 Å².